The molecule has 7 heteroatoms. The van der Waals surface area contributed by atoms with Crippen LogP contribution in [0, 0.1) is 9.39 Å². The molecular weight excluding hydrogens is 446 g/mol. The Labute approximate surface area is 136 Å². The first-order valence-corrected chi connectivity index (χ1v) is 7.40. The summed E-state index contributed by atoms with van der Waals surface area (Å²) >= 11 is 5.22. The fourth-order valence-corrected chi connectivity index (χ4v) is 2.57. The number of hydrogen-bond donors (Lipinski definition) is 0. The van der Waals surface area contributed by atoms with Gasteiger partial charge in [-0.05, 0) is 62.3 Å². The Kier molecular flexibility index (Phi) is 4.19. The van der Waals surface area contributed by atoms with Gasteiger partial charge in [-0.3, -0.25) is 0 Å². The summed E-state index contributed by atoms with van der Waals surface area (Å²) < 4.78 is 24.5. The first kappa shape index (κ1) is 15.4. The molecule has 1 fully saturated rings. The summed E-state index contributed by atoms with van der Waals surface area (Å²) in [4.78, 5) is 23.6. The number of carbonyl (C=O) groups is 2. The molecule has 20 heavy (non-hydrogen) atoms. The molecule has 0 aromatic heterocycles. The molecule has 0 spiro atoms. The highest BCUT2D eigenvalue weighted by Gasteiger charge is 2.38. The molecule has 0 unspecified atom stereocenters. The van der Waals surface area contributed by atoms with Crippen LogP contribution in [0.3, 0.4) is 0 Å². The summed E-state index contributed by atoms with van der Waals surface area (Å²) in [5.74, 6) is -3.35. The zero-order valence-corrected chi connectivity index (χ0v) is 14.2. The summed E-state index contributed by atoms with van der Waals surface area (Å²) in [5, 5.41) is 0. The maximum Gasteiger partial charge on any atom is 0.348 e. The van der Waals surface area contributed by atoms with Crippen LogP contribution in [0.15, 0.2) is 22.2 Å². The third-order valence-corrected chi connectivity index (χ3v) is 4.91. The van der Waals surface area contributed by atoms with Gasteiger partial charge in [0.1, 0.15) is 11.4 Å². The van der Waals surface area contributed by atoms with E-state index in [1.807, 2.05) is 22.6 Å². The lowest BCUT2D eigenvalue weighted by Gasteiger charge is -2.29. The topological polar surface area (TPSA) is 52.6 Å². The smallest absolute Gasteiger partial charge is 0.348 e. The second kappa shape index (κ2) is 5.44. The van der Waals surface area contributed by atoms with Crippen LogP contribution >= 0.6 is 38.5 Å². The minimum atomic E-state index is -1.29. The fourth-order valence-electron chi connectivity index (χ4n) is 1.61. The Bertz CT molecular complexity index is 618. The van der Waals surface area contributed by atoms with Gasteiger partial charge in [-0.25, -0.2) is 14.0 Å². The highest BCUT2D eigenvalue weighted by molar-refractivity contribution is 14.1. The standard InChI is InChI=1S/C13H9BrFIO4/c1-13(2)19-11(17)8(12(18)20-13)4-6-3-7(15)5-9(16)10(6)14/h3-5H,1-2H3. The molecule has 0 atom stereocenters. The third kappa shape index (κ3) is 3.20. The van der Waals surface area contributed by atoms with E-state index in [1.165, 1.54) is 32.1 Å². The van der Waals surface area contributed by atoms with E-state index in [4.69, 9.17) is 9.47 Å². The third-order valence-electron chi connectivity index (χ3n) is 2.44. The molecule has 106 valence electrons. The lowest BCUT2D eigenvalue weighted by atomic mass is 10.1. The Morgan fingerprint density at radius 1 is 1.25 bits per heavy atom. The predicted octanol–water partition coefficient (Wildman–Crippen LogP) is 3.41. The van der Waals surface area contributed by atoms with Crippen molar-refractivity contribution in [2.45, 2.75) is 19.6 Å². The van der Waals surface area contributed by atoms with Crippen molar-refractivity contribution in [3.63, 3.8) is 0 Å². The van der Waals surface area contributed by atoms with Crippen molar-refractivity contribution in [1.29, 1.82) is 0 Å². The molecule has 2 rings (SSSR count). The molecule has 1 aliphatic heterocycles. The molecule has 0 N–H and O–H groups in total. The fraction of sp³-hybridized carbons (Fsp3) is 0.231. The van der Waals surface area contributed by atoms with Gasteiger partial charge in [0.2, 0.25) is 0 Å². The number of cyclic esters (lactones) is 2. The summed E-state index contributed by atoms with van der Waals surface area (Å²) in [6.07, 6.45) is 1.25. The molecule has 1 aliphatic rings. The Morgan fingerprint density at radius 2 is 1.80 bits per heavy atom. The van der Waals surface area contributed by atoms with Gasteiger partial charge in [-0.15, -0.1) is 0 Å². The minimum absolute atomic E-state index is 0.272. The molecule has 1 saturated heterocycles. The van der Waals surface area contributed by atoms with Gasteiger partial charge < -0.3 is 9.47 Å². The first-order chi connectivity index (χ1) is 9.19. The number of ether oxygens (including phenoxy) is 2. The van der Waals surface area contributed by atoms with Crippen LogP contribution in [0.2, 0.25) is 0 Å². The number of hydrogen-bond acceptors (Lipinski definition) is 4. The number of esters is 2. The van der Waals surface area contributed by atoms with E-state index in [0.717, 1.165) is 0 Å². The van der Waals surface area contributed by atoms with Crippen LogP contribution in [0.4, 0.5) is 4.39 Å². The van der Waals surface area contributed by atoms with Crippen LogP contribution in [0.5, 0.6) is 0 Å². The van der Waals surface area contributed by atoms with E-state index >= 15 is 0 Å². The monoisotopic (exact) mass is 454 g/mol. The Hall–Kier alpha value is -0.960. The van der Waals surface area contributed by atoms with Gasteiger partial charge >= 0.3 is 11.9 Å². The number of benzene rings is 1. The SMILES string of the molecule is CC1(C)OC(=O)C(=Cc2cc(F)cc(I)c2Br)C(=O)O1. The Balaban J connectivity index is 2.46. The van der Waals surface area contributed by atoms with Crippen LogP contribution in [0.25, 0.3) is 6.08 Å². The van der Waals surface area contributed by atoms with Crippen molar-refractivity contribution < 1.29 is 23.5 Å². The molecule has 0 aliphatic carbocycles. The molecule has 0 saturated carbocycles. The lowest BCUT2D eigenvalue weighted by molar-refractivity contribution is -0.222. The normalized spacial score (nSPS) is 17.6. The number of carbonyl (C=O) groups excluding carboxylic acids is 2. The summed E-state index contributed by atoms with van der Waals surface area (Å²) in [6, 6.07) is 2.53. The molecule has 1 aromatic carbocycles. The average molecular weight is 455 g/mol. The van der Waals surface area contributed by atoms with Gasteiger partial charge in [-0.1, -0.05) is 0 Å². The highest BCUT2D eigenvalue weighted by Crippen LogP contribution is 2.29. The van der Waals surface area contributed by atoms with E-state index in [2.05, 4.69) is 15.9 Å². The van der Waals surface area contributed by atoms with Gasteiger partial charge in [-0.2, -0.15) is 0 Å². The summed E-state index contributed by atoms with van der Waals surface area (Å²) in [5.41, 5.74) is 0.0874. The largest absolute Gasteiger partial charge is 0.419 e. The van der Waals surface area contributed by atoms with Crippen LogP contribution in [0.1, 0.15) is 19.4 Å². The van der Waals surface area contributed by atoms with Gasteiger partial charge in [0.25, 0.3) is 5.79 Å². The van der Waals surface area contributed by atoms with Crippen LogP contribution < -0.4 is 0 Å². The zero-order chi connectivity index (χ0) is 15.1. The predicted molar refractivity (Wildman–Crippen MR) is 81.1 cm³/mol. The van der Waals surface area contributed by atoms with Crippen molar-refractivity contribution in [2.75, 3.05) is 0 Å². The van der Waals surface area contributed by atoms with E-state index in [9.17, 15) is 14.0 Å². The first-order valence-electron chi connectivity index (χ1n) is 5.52. The second-order valence-electron chi connectivity index (χ2n) is 4.53. The van der Waals surface area contributed by atoms with E-state index < -0.39 is 23.5 Å². The maximum atomic E-state index is 13.4. The molecule has 0 amide bonds. The Morgan fingerprint density at radius 3 is 2.35 bits per heavy atom. The average Bonchev–Trinajstić information content (AvgIpc) is 2.28. The van der Waals surface area contributed by atoms with Gasteiger partial charge in [0, 0.05) is 21.9 Å². The van der Waals surface area contributed by atoms with Crippen LogP contribution in [-0.4, -0.2) is 17.7 Å². The van der Waals surface area contributed by atoms with E-state index in [0.29, 0.717) is 13.6 Å². The number of halogens is 3. The van der Waals surface area contributed by atoms with E-state index in [-0.39, 0.29) is 5.57 Å². The molecule has 1 heterocycles. The second-order valence-corrected chi connectivity index (χ2v) is 6.48. The quantitative estimate of drug-likeness (QED) is 0.214. The highest BCUT2D eigenvalue weighted by atomic mass is 127. The van der Waals surface area contributed by atoms with Gasteiger partial charge in [0.05, 0.1) is 0 Å². The number of rotatable bonds is 1. The molecular formula is C13H9BrFIO4. The van der Waals surface area contributed by atoms with Crippen molar-refractivity contribution in [1.82, 2.24) is 0 Å². The molecule has 0 radical (unpaired) electrons. The van der Waals surface area contributed by atoms with E-state index in [1.54, 1.807) is 0 Å². The van der Waals surface area contributed by atoms with Crippen molar-refractivity contribution in [3.8, 4) is 0 Å². The van der Waals surface area contributed by atoms with Crippen molar-refractivity contribution >= 4 is 56.5 Å². The molecule has 4 nitrogen and oxygen atoms in total. The minimum Gasteiger partial charge on any atom is -0.419 e. The van der Waals surface area contributed by atoms with Crippen molar-refractivity contribution in [2.24, 2.45) is 0 Å². The lowest BCUT2D eigenvalue weighted by Crippen LogP contribution is -2.41. The van der Waals surface area contributed by atoms with Crippen LogP contribution in [-0.2, 0) is 19.1 Å². The molecule has 1 aromatic rings. The van der Waals surface area contributed by atoms with Gasteiger partial charge in [0.15, 0.2) is 0 Å². The van der Waals surface area contributed by atoms with Crippen molar-refractivity contribution in [3.05, 3.63) is 37.1 Å². The summed E-state index contributed by atoms with van der Waals surface area (Å²) in [6.45, 7) is 2.92. The summed E-state index contributed by atoms with van der Waals surface area (Å²) in [7, 11) is 0. The molecule has 0 bridgehead atoms. The zero-order valence-electron chi connectivity index (χ0n) is 10.5. The maximum absolute atomic E-state index is 13.4.